The third-order valence-corrected chi connectivity index (χ3v) is 2.76. The van der Waals surface area contributed by atoms with Crippen molar-refractivity contribution < 1.29 is 0 Å². The molecule has 2 rings (SSSR count). The van der Waals surface area contributed by atoms with E-state index in [1.807, 2.05) is 17.8 Å². The maximum Gasteiger partial charge on any atom is 0.0843 e. The van der Waals surface area contributed by atoms with Crippen molar-refractivity contribution in [1.82, 2.24) is 14.7 Å². The average Bonchev–Trinajstić information content (AvgIpc) is 2.57. The van der Waals surface area contributed by atoms with Crippen LogP contribution in [0.15, 0.2) is 24.3 Å². The Balaban J connectivity index is 2.31. The molecular formula is C12H18N4. The Hall–Kier alpha value is -1.39. The number of nitrogens with zero attached hydrogens (tertiary/aromatic N) is 3. The molecule has 0 unspecified atom stereocenters. The number of fused-ring (bicyclic) bond motifs is 1. The molecule has 16 heavy (non-hydrogen) atoms. The first-order valence-corrected chi connectivity index (χ1v) is 5.51. The van der Waals surface area contributed by atoms with Crippen molar-refractivity contribution in [3.63, 3.8) is 0 Å². The maximum absolute atomic E-state index is 5.53. The van der Waals surface area contributed by atoms with E-state index in [0.717, 1.165) is 18.8 Å². The van der Waals surface area contributed by atoms with Gasteiger partial charge in [0, 0.05) is 32.1 Å². The summed E-state index contributed by atoms with van der Waals surface area (Å²) in [6.45, 7) is 2.42. The van der Waals surface area contributed by atoms with E-state index >= 15 is 0 Å². The van der Waals surface area contributed by atoms with Crippen molar-refractivity contribution in [2.24, 2.45) is 12.8 Å². The number of likely N-dealkylation sites (N-methyl/N-ethyl adjacent to an activating group) is 1. The molecule has 0 saturated carbocycles. The number of aromatic nitrogens is 2. The summed E-state index contributed by atoms with van der Waals surface area (Å²) in [6, 6.07) is 8.30. The molecule has 0 aliphatic heterocycles. The van der Waals surface area contributed by atoms with Gasteiger partial charge in [-0.1, -0.05) is 18.2 Å². The van der Waals surface area contributed by atoms with E-state index in [1.165, 1.54) is 10.9 Å². The lowest BCUT2D eigenvalue weighted by Crippen LogP contribution is -2.25. The molecule has 0 saturated heterocycles. The van der Waals surface area contributed by atoms with Crippen molar-refractivity contribution in [1.29, 1.82) is 0 Å². The predicted octanol–water partition coefficient (Wildman–Crippen LogP) is 0.964. The van der Waals surface area contributed by atoms with Gasteiger partial charge in [-0.25, -0.2) is 0 Å². The third-order valence-electron chi connectivity index (χ3n) is 2.76. The number of nitrogens with two attached hydrogens (primary N) is 1. The van der Waals surface area contributed by atoms with Gasteiger partial charge in [-0.05, 0) is 13.1 Å². The monoisotopic (exact) mass is 218 g/mol. The second kappa shape index (κ2) is 4.63. The molecule has 4 heteroatoms. The van der Waals surface area contributed by atoms with Gasteiger partial charge in [-0.15, -0.1) is 0 Å². The highest BCUT2D eigenvalue weighted by molar-refractivity contribution is 5.81. The first-order valence-electron chi connectivity index (χ1n) is 5.51. The second-order valence-corrected chi connectivity index (χ2v) is 4.11. The summed E-state index contributed by atoms with van der Waals surface area (Å²) < 4.78 is 1.93. The molecule has 0 fully saturated rings. The van der Waals surface area contributed by atoms with Crippen LogP contribution in [-0.4, -0.2) is 34.8 Å². The predicted molar refractivity (Wildman–Crippen MR) is 66.1 cm³/mol. The van der Waals surface area contributed by atoms with Crippen LogP contribution in [0.2, 0.25) is 0 Å². The Morgan fingerprint density at radius 3 is 2.88 bits per heavy atom. The Morgan fingerprint density at radius 2 is 2.12 bits per heavy atom. The van der Waals surface area contributed by atoms with Crippen LogP contribution in [0.3, 0.4) is 0 Å². The van der Waals surface area contributed by atoms with Crippen molar-refractivity contribution in [2.75, 3.05) is 20.1 Å². The Bertz CT molecular complexity index is 475. The lowest BCUT2D eigenvalue weighted by Gasteiger charge is -2.13. The molecule has 0 bridgehead atoms. The summed E-state index contributed by atoms with van der Waals surface area (Å²) in [6.07, 6.45) is 0. The quantitative estimate of drug-likeness (QED) is 0.831. The molecule has 4 nitrogen and oxygen atoms in total. The minimum atomic E-state index is 0.682. The lowest BCUT2D eigenvalue weighted by molar-refractivity contribution is 0.332. The largest absolute Gasteiger partial charge is 0.329 e. The SMILES string of the molecule is CN(CCN)Cc1nn(C)c2ccccc12. The van der Waals surface area contributed by atoms with Crippen LogP contribution in [0.25, 0.3) is 10.9 Å². The van der Waals surface area contributed by atoms with Gasteiger partial charge >= 0.3 is 0 Å². The van der Waals surface area contributed by atoms with Crippen LogP contribution in [0.5, 0.6) is 0 Å². The lowest BCUT2D eigenvalue weighted by atomic mass is 10.2. The zero-order valence-corrected chi connectivity index (χ0v) is 9.85. The van der Waals surface area contributed by atoms with E-state index in [0.29, 0.717) is 6.54 Å². The molecule has 1 aromatic heterocycles. The topological polar surface area (TPSA) is 47.1 Å². The minimum Gasteiger partial charge on any atom is -0.329 e. The third kappa shape index (κ3) is 2.08. The number of para-hydroxylation sites is 1. The highest BCUT2D eigenvalue weighted by Crippen LogP contribution is 2.18. The zero-order valence-electron chi connectivity index (χ0n) is 9.85. The molecule has 1 heterocycles. The maximum atomic E-state index is 5.53. The van der Waals surface area contributed by atoms with Gasteiger partial charge < -0.3 is 5.73 Å². The van der Waals surface area contributed by atoms with Gasteiger partial charge in [0.2, 0.25) is 0 Å². The van der Waals surface area contributed by atoms with E-state index in [9.17, 15) is 0 Å². The molecule has 0 amide bonds. The summed E-state index contributed by atoms with van der Waals surface area (Å²) in [5.41, 5.74) is 7.83. The summed E-state index contributed by atoms with van der Waals surface area (Å²) in [4.78, 5) is 2.19. The number of hydrogen-bond acceptors (Lipinski definition) is 3. The minimum absolute atomic E-state index is 0.682. The molecule has 0 aliphatic rings. The van der Waals surface area contributed by atoms with E-state index in [4.69, 9.17) is 5.73 Å². The number of benzene rings is 1. The van der Waals surface area contributed by atoms with E-state index < -0.39 is 0 Å². The van der Waals surface area contributed by atoms with E-state index in [-0.39, 0.29) is 0 Å². The molecule has 0 radical (unpaired) electrons. The summed E-state index contributed by atoms with van der Waals surface area (Å²) in [7, 11) is 4.05. The number of aryl methyl sites for hydroxylation is 1. The first kappa shape index (κ1) is 11.1. The fraction of sp³-hybridized carbons (Fsp3) is 0.417. The zero-order chi connectivity index (χ0) is 11.5. The van der Waals surface area contributed by atoms with Gasteiger partial charge in [0.25, 0.3) is 0 Å². The van der Waals surface area contributed by atoms with Gasteiger partial charge in [-0.3, -0.25) is 9.58 Å². The summed E-state index contributed by atoms with van der Waals surface area (Å²) in [5, 5.41) is 5.78. The van der Waals surface area contributed by atoms with Crippen LogP contribution >= 0.6 is 0 Å². The fourth-order valence-electron chi connectivity index (χ4n) is 1.96. The molecule has 0 spiro atoms. The molecule has 86 valence electrons. The molecular weight excluding hydrogens is 200 g/mol. The van der Waals surface area contributed by atoms with Gasteiger partial charge in [0.05, 0.1) is 11.2 Å². The Kier molecular flexibility index (Phi) is 3.22. The summed E-state index contributed by atoms with van der Waals surface area (Å²) in [5.74, 6) is 0. The van der Waals surface area contributed by atoms with Crippen LogP contribution < -0.4 is 5.73 Å². The van der Waals surface area contributed by atoms with Gasteiger partial charge in [-0.2, -0.15) is 5.10 Å². The summed E-state index contributed by atoms with van der Waals surface area (Å²) >= 11 is 0. The van der Waals surface area contributed by atoms with Crippen LogP contribution in [0, 0.1) is 0 Å². The van der Waals surface area contributed by atoms with Crippen LogP contribution in [0.4, 0.5) is 0 Å². The van der Waals surface area contributed by atoms with Gasteiger partial charge in [0.15, 0.2) is 0 Å². The van der Waals surface area contributed by atoms with Crippen molar-refractivity contribution in [2.45, 2.75) is 6.54 Å². The smallest absolute Gasteiger partial charge is 0.0843 e. The van der Waals surface area contributed by atoms with Crippen molar-refractivity contribution in [3.05, 3.63) is 30.0 Å². The Labute approximate surface area is 95.6 Å². The molecule has 1 aromatic carbocycles. The number of rotatable bonds is 4. The van der Waals surface area contributed by atoms with E-state index in [1.54, 1.807) is 0 Å². The van der Waals surface area contributed by atoms with Gasteiger partial charge in [0.1, 0.15) is 0 Å². The highest BCUT2D eigenvalue weighted by Gasteiger charge is 2.09. The fourth-order valence-corrected chi connectivity index (χ4v) is 1.96. The molecule has 0 atom stereocenters. The molecule has 0 aliphatic carbocycles. The standard InChI is InChI=1S/C12H18N4/c1-15(8-7-13)9-11-10-5-3-4-6-12(10)16(2)14-11/h3-6H,7-9,13H2,1-2H3. The van der Waals surface area contributed by atoms with E-state index in [2.05, 4.69) is 35.2 Å². The normalized spacial score (nSPS) is 11.5. The Morgan fingerprint density at radius 1 is 1.38 bits per heavy atom. The van der Waals surface area contributed by atoms with Crippen molar-refractivity contribution in [3.8, 4) is 0 Å². The molecule has 2 aromatic rings. The van der Waals surface area contributed by atoms with Crippen molar-refractivity contribution >= 4 is 10.9 Å². The second-order valence-electron chi connectivity index (χ2n) is 4.11. The van der Waals surface area contributed by atoms with Crippen LogP contribution in [0.1, 0.15) is 5.69 Å². The highest BCUT2D eigenvalue weighted by atomic mass is 15.3. The first-order chi connectivity index (χ1) is 7.72. The number of hydrogen-bond donors (Lipinski definition) is 1. The average molecular weight is 218 g/mol. The molecule has 2 N–H and O–H groups in total. The van der Waals surface area contributed by atoms with Crippen LogP contribution in [-0.2, 0) is 13.6 Å².